The highest BCUT2D eigenvalue weighted by Gasteiger charge is 2.31. The number of nitrogens with zero attached hydrogens (tertiary/aromatic N) is 5. The van der Waals surface area contributed by atoms with Crippen LogP contribution in [-0.4, -0.2) is 64.8 Å². The third-order valence-electron chi connectivity index (χ3n) is 5.81. The summed E-state index contributed by atoms with van der Waals surface area (Å²) in [5.74, 6) is 0.506. The quantitative estimate of drug-likeness (QED) is 0.581. The lowest BCUT2D eigenvalue weighted by Gasteiger charge is -2.41. The zero-order valence-corrected chi connectivity index (χ0v) is 19.3. The number of aromatic nitrogens is 2. The molecular weight excluding hydrogens is 418 g/mol. The number of ether oxygens (including phenoxy) is 1. The van der Waals surface area contributed by atoms with Crippen molar-refractivity contribution in [2.45, 2.75) is 20.4 Å². The number of anilines is 1. The summed E-state index contributed by atoms with van der Waals surface area (Å²) in [6.45, 7) is 6.18. The molecule has 0 spiro atoms. The molecule has 2 heterocycles. The van der Waals surface area contributed by atoms with Gasteiger partial charge in [-0.1, -0.05) is 30.3 Å². The van der Waals surface area contributed by atoms with Gasteiger partial charge in [-0.15, -0.1) is 0 Å². The Labute approximate surface area is 193 Å². The maximum absolute atomic E-state index is 13.5. The Hall–Kier alpha value is -3.65. The van der Waals surface area contributed by atoms with Gasteiger partial charge in [-0.2, -0.15) is 5.10 Å². The lowest BCUT2D eigenvalue weighted by atomic mass is 10.2. The van der Waals surface area contributed by atoms with E-state index in [1.807, 2.05) is 72.3 Å². The van der Waals surface area contributed by atoms with E-state index in [9.17, 15) is 9.59 Å². The molecule has 33 heavy (non-hydrogen) atoms. The van der Waals surface area contributed by atoms with Crippen LogP contribution in [0.25, 0.3) is 0 Å². The summed E-state index contributed by atoms with van der Waals surface area (Å²) < 4.78 is 7.29. The molecule has 0 unspecified atom stereocenters. The predicted molar refractivity (Wildman–Crippen MR) is 126 cm³/mol. The molecule has 172 valence electrons. The second kappa shape index (κ2) is 9.87. The van der Waals surface area contributed by atoms with Crippen molar-refractivity contribution < 1.29 is 14.3 Å². The number of rotatable bonds is 6. The number of benzene rings is 2. The molecule has 0 bridgehead atoms. The number of aryl methyl sites for hydroxylation is 2. The zero-order valence-electron chi connectivity index (χ0n) is 19.3. The van der Waals surface area contributed by atoms with Crippen molar-refractivity contribution in [3.8, 4) is 5.75 Å². The molecule has 8 heteroatoms. The zero-order chi connectivity index (χ0) is 23.4. The Morgan fingerprint density at radius 3 is 2.27 bits per heavy atom. The first-order valence-corrected chi connectivity index (χ1v) is 11.0. The maximum atomic E-state index is 13.5. The van der Waals surface area contributed by atoms with Crippen LogP contribution in [0.2, 0.25) is 0 Å². The lowest BCUT2D eigenvalue weighted by Crippen LogP contribution is -2.57. The van der Waals surface area contributed by atoms with Gasteiger partial charge in [-0.3, -0.25) is 14.3 Å². The molecule has 1 fully saturated rings. The Kier molecular flexibility index (Phi) is 6.74. The summed E-state index contributed by atoms with van der Waals surface area (Å²) in [5, 5.41) is 8.06. The monoisotopic (exact) mass is 447 g/mol. The van der Waals surface area contributed by atoms with Crippen molar-refractivity contribution in [3.63, 3.8) is 0 Å². The van der Waals surface area contributed by atoms with Gasteiger partial charge in [0.05, 0.1) is 12.8 Å². The highest BCUT2D eigenvalue weighted by atomic mass is 16.5. The van der Waals surface area contributed by atoms with Crippen molar-refractivity contribution in [2.24, 2.45) is 0 Å². The van der Waals surface area contributed by atoms with Gasteiger partial charge < -0.3 is 9.64 Å². The van der Waals surface area contributed by atoms with Gasteiger partial charge in [0, 0.05) is 37.4 Å². The van der Waals surface area contributed by atoms with Crippen molar-refractivity contribution >= 4 is 17.5 Å². The molecule has 0 N–H and O–H groups in total. The van der Waals surface area contributed by atoms with Crippen molar-refractivity contribution in [2.75, 3.05) is 38.3 Å². The molecular formula is C25H29N5O3. The fourth-order valence-corrected chi connectivity index (χ4v) is 4.11. The van der Waals surface area contributed by atoms with E-state index >= 15 is 0 Å². The number of amides is 2. The molecule has 1 aliphatic rings. The molecule has 2 aromatic carbocycles. The van der Waals surface area contributed by atoms with E-state index in [0.29, 0.717) is 43.2 Å². The normalized spacial score (nSPS) is 14.2. The summed E-state index contributed by atoms with van der Waals surface area (Å²) in [6, 6.07) is 18.6. The van der Waals surface area contributed by atoms with Crippen LogP contribution < -0.4 is 9.75 Å². The average Bonchev–Trinajstić information content (AvgIpc) is 3.16. The van der Waals surface area contributed by atoms with E-state index in [1.54, 1.807) is 28.9 Å². The van der Waals surface area contributed by atoms with Crippen LogP contribution in [0, 0.1) is 13.8 Å². The first-order chi connectivity index (χ1) is 16.0. The van der Waals surface area contributed by atoms with E-state index in [0.717, 1.165) is 11.4 Å². The molecule has 1 saturated heterocycles. The van der Waals surface area contributed by atoms with Crippen LogP contribution in [-0.2, 0) is 11.3 Å². The fraction of sp³-hybridized carbons (Fsp3) is 0.320. The number of para-hydroxylation sites is 2. The van der Waals surface area contributed by atoms with E-state index < -0.39 is 0 Å². The minimum absolute atomic E-state index is 0.0269. The topological polar surface area (TPSA) is 70.9 Å². The molecule has 0 radical (unpaired) electrons. The fourth-order valence-electron chi connectivity index (χ4n) is 4.11. The summed E-state index contributed by atoms with van der Waals surface area (Å²) >= 11 is 0. The number of methoxy groups -OCH3 is 1. The highest BCUT2D eigenvalue weighted by Crippen LogP contribution is 2.30. The van der Waals surface area contributed by atoms with Crippen LogP contribution in [0.3, 0.4) is 0 Å². The highest BCUT2D eigenvalue weighted by molar-refractivity contribution is 6.06. The van der Waals surface area contributed by atoms with Gasteiger partial charge in [0.2, 0.25) is 5.91 Å². The minimum Gasteiger partial charge on any atom is -0.495 e. The SMILES string of the molecule is COc1ccccc1N(C(=O)c1ccccc1)N1CCN(C(=O)Cn2nc(C)cc2C)CC1. The van der Waals surface area contributed by atoms with Crippen molar-refractivity contribution in [1.29, 1.82) is 0 Å². The number of hydrogen-bond donors (Lipinski definition) is 0. The second-order valence-corrected chi connectivity index (χ2v) is 8.07. The standard InChI is InChI=1S/C25H29N5O3/c1-19-17-20(2)29(26-19)18-24(31)27-13-15-28(16-14-27)30(22-11-7-8-12-23(22)33-3)25(32)21-9-5-4-6-10-21/h4-12,17H,13-16,18H2,1-3H3. The number of hydrazine groups is 1. The number of piperazine rings is 1. The van der Waals surface area contributed by atoms with Crippen molar-refractivity contribution in [1.82, 2.24) is 19.7 Å². The molecule has 1 aromatic heterocycles. The minimum atomic E-state index is -0.137. The third kappa shape index (κ3) is 4.90. The maximum Gasteiger partial charge on any atom is 0.272 e. The van der Waals surface area contributed by atoms with Crippen LogP contribution >= 0.6 is 0 Å². The Bertz CT molecular complexity index is 1120. The molecule has 0 aliphatic carbocycles. The van der Waals surface area contributed by atoms with Gasteiger partial charge in [0.25, 0.3) is 5.91 Å². The van der Waals surface area contributed by atoms with Gasteiger partial charge >= 0.3 is 0 Å². The summed E-state index contributed by atoms with van der Waals surface area (Å²) in [6.07, 6.45) is 0. The Morgan fingerprint density at radius 1 is 0.970 bits per heavy atom. The second-order valence-electron chi connectivity index (χ2n) is 8.07. The number of hydrogen-bond acceptors (Lipinski definition) is 5. The van der Waals surface area contributed by atoms with Gasteiger partial charge in [0.1, 0.15) is 18.0 Å². The molecule has 3 aromatic rings. The largest absolute Gasteiger partial charge is 0.495 e. The van der Waals surface area contributed by atoms with Crippen LogP contribution in [0.15, 0.2) is 60.7 Å². The molecule has 8 nitrogen and oxygen atoms in total. The summed E-state index contributed by atoms with van der Waals surface area (Å²) in [7, 11) is 1.60. The van der Waals surface area contributed by atoms with E-state index in [2.05, 4.69) is 5.10 Å². The predicted octanol–water partition coefficient (Wildman–Crippen LogP) is 2.91. The summed E-state index contributed by atoms with van der Waals surface area (Å²) in [5.41, 5.74) is 3.13. The average molecular weight is 448 g/mol. The lowest BCUT2D eigenvalue weighted by molar-refractivity contribution is -0.133. The van der Waals surface area contributed by atoms with Gasteiger partial charge in [-0.25, -0.2) is 10.0 Å². The van der Waals surface area contributed by atoms with Crippen molar-refractivity contribution in [3.05, 3.63) is 77.6 Å². The van der Waals surface area contributed by atoms with E-state index in [-0.39, 0.29) is 18.4 Å². The third-order valence-corrected chi connectivity index (χ3v) is 5.81. The molecule has 0 saturated carbocycles. The van der Waals surface area contributed by atoms with Gasteiger partial charge in [-0.05, 0) is 44.2 Å². The van der Waals surface area contributed by atoms with Crippen LogP contribution in [0.4, 0.5) is 5.69 Å². The Balaban J connectivity index is 1.52. The van der Waals surface area contributed by atoms with E-state index in [1.165, 1.54) is 0 Å². The smallest absolute Gasteiger partial charge is 0.272 e. The molecule has 4 rings (SSSR count). The number of carbonyl (C=O) groups excluding carboxylic acids is 2. The first kappa shape index (κ1) is 22.5. The summed E-state index contributed by atoms with van der Waals surface area (Å²) in [4.78, 5) is 28.3. The van der Waals surface area contributed by atoms with Gasteiger partial charge in [0.15, 0.2) is 0 Å². The molecule has 0 atom stereocenters. The Morgan fingerprint density at radius 2 is 1.64 bits per heavy atom. The molecule has 1 aliphatic heterocycles. The number of carbonyl (C=O) groups is 2. The first-order valence-electron chi connectivity index (χ1n) is 11.0. The molecule has 2 amide bonds. The van der Waals surface area contributed by atoms with Crippen LogP contribution in [0.5, 0.6) is 5.75 Å². The van der Waals surface area contributed by atoms with Crippen LogP contribution in [0.1, 0.15) is 21.7 Å². The van der Waals surface area contributed by atoms with E-state index in [4.69, 9.17) is 4.74 Å².